The van der Waals surface area contributed by atoms with Gasteiger partial charge < -0.3 is 11.1 Å². The molecule has 5 nitrogen and oxygen atoms in total. The van der Waals surface area contributed by atoms with E-state index in [4.69, 9.17) is 5.73 Å². The van der Waals surface area contributed by atoms with E-state index in [1.54, 1.807) is 0 Å². The number of nitrogens with zero attached hydrogens (tertiary/aromatic N) is 1. The van der Waals surface area contributed by atoms with Gasteiger partial charge in [-0.1, -0.05) is 6.92 Å². The van der Waals surface area contributed by atoms with Crippen LogP contribution in [0.15, 0.2) is 6.07 Å². The van der Waals surface area contributed by atoms with Crippen molar-refractivity contribution in [2.45, 2.75) is 26.2 Å². The second-order valence-electron chi connectivity index (χ2n) is 3.07. The average molecular weight is 196 g/mol. The van der Waals surface area contributed by atoms with Crippen LogP contribution >= 0.6 is 0 Å². The highest BCUT2D eigenvalue weighted by molar-refractivity contribution is 5.89. The maximum absolute atomic E-state index is 11.2. The number of hydrogen-bond acceptors (Lipinski definition) is 3. The quantitative estimate of drug-likeness (QED) is 0.646. The van der Waals surface area contributed by atoms with E-state index in [-0.39, 0.29) is 5.91 Å². The lowest BCUT2D eigenvalue weighted by molar-refractivity contribution is -0.116. The van der Waals surface area contributed by atoms with E-state index in [2.05, 4.69) is 15.5 Å². The minimum absolute atomic E-state index is 0.0374. The molecule has 14 heavy (non-hydrogen) atoms. The Bertz CT molecular complexity index is 295. The van der Waals surface area contributed by atoms with Gasteiger partial charge in [-0.25, -0.2) is 0 Å². The molecule has 0 aliphatic carbocycles. The minimum atomic E-state index is -0.0374. The molecule has 5 heteroatoms. The number of rotatable bonds is 5. The molecular formula is C9H16N4O. The van der Waals surface area contributed by atoms with Crippen LogP contribution in [0.25, 0.3) is 0 Å². The predicted molar refractivity (Wildman–Crippen MR) is 54.9 cm³/mol. The SMILES string of the molecule is CCc1cc(NC(=O)CCCN)n[nH]1. The normalized spacial score (nSPS) is 10.1. The zero-order chi connectivity index (χ0) is 10.4. The molecule has 78 valence electrons. The number of H-pyrrole nitrogens is 1. The molecule has 0 aliphatic heterocycles. The van der Waals surface area contributed by atoms with E-state index in [9.17, 15) is 4.79 Å². The van der Waals surface area contributed by atoms with Gasteiger partial charge in [0.05, 0.1) is 0 Å². The first-order chi connectivity index (χ1) is 6.76. The molecular weight excluding hydrogens is 180 g/mol. The summed E-state index contributed by atoms with van der Waals surface area (Å²) < 4.78 is 0. The molecule has 0 fully saturated rings. The number of carbonyl (C=O) groups excluding carboxylic acids is 1. The standard InChI is InChI=1S/C9H16N4O/c1-2-7-6-8(13-12-7)11-9(14)4-3-5-10/h6H,2-5,10H2,1H3,(H2,11,12,13,14). The lowest BCUT2D eigenvalue weighted by Gasteiger charge is -1.99. The Morgan fingerprint density at radius 3 is 3.07 bits per heavy atom. The lowest BCUT2D eigenvalue weighted by atomic mass is 10.3. The number of hydrogen-bond donors (Lipinski definition) is 3. The van der Waals surface area contributed by atoms with Crippen molar-refractivity contribution < 1.29 is 4.79 Å². The molecule has 0 saturated heterocycles. The maximum Gasteiger partial charge on any atom is 0.225 e. The second kappa shape index (κ2) is 5.39. The highest BCUT2D eigenvalue weighted by atomic mass is 16.1. The molecule has 0 unspecified atom stereocenters. The summed E-state index contributed by atoms with van der Waals surface area (Å²) in [6, 6.07) is 1.83. The summed E-state index contributed by atoms with van der Waals surface area (Å²) in [5.41, 5.74) is 6.31. The first kappa shape index (κ1) is 10.7. The van der Waals surface area contributed by atoms with Crippen molar-refractivity contribution in [3.63, 3.8) is 0 Å². The van der Waals surface area contributed by atoms with E-state index in [1.165, 1.54) is 0 Å². The summed E-state index contributed by atoms with van der Waals surface area (Å²) in [4.78, 5) is 11.2. The molecule has 0 aliphatic rings. The van der Waals surface area contributed by atoms with Crippen molar-refractivity contribution in [2.75, 3.05) is 11.9 Å². The van der Waals surface area contributed by atoms with E-state index >= 15 is 0 Å². The van der Waals surface area contributed by atoms with E-state index in [0.717, 1.165) is 12.1 Å². The molecule has 0 aromatic carbocycles. The predicted octanol–water partition coefficient (Wildman–Crippen LogP) is 0.649. The molecule has 1 amide bonds. The average Bonchev–Trinajstić information content (AvgIpc) is 2.62. The summed E-state index contributed by atoms with van der Waals surface area (Å²) in [5, 5.41) is 9.47. The fourth-order valence-electron chi connectivity index (χ4n) is 1.07. The Morgan fingerprint density at radius 2 is 2.50 bits per heavy atom. The van der Waals surface area contributed by atoms with Crippen LogP contribution in [0.3, 0.4) is 0 Å². The number of amides is 1. The largest absolute Gasteiger partial charge is 0.330 e. The van der Waals surface area contributed by atoms with Crippen molar-refractivity contribution in [2.24, 2.45) is 5.73 Å². The van der Waals surface area contributed by atoms with Gasteiger partial charge in [0, 0.05) is 18.2 Å². The number of nitrogens with two attached hydrogens (primary N) is 1. The zero-order valence-corrected chi connectivity index (χ0v) is 8.34. The Kier molecular flexibility index (Phi) is 4.12. The van der Waals surface area contributed by atoms with Crippen LogP contribution < -0.4 is 11.1 Å². The topological polar surface area (TPSA) is 83.8 Å². The third-order valence-corrected chi connectivity index (χ3v) is 1.89. The number of aromatic amines is 1. The molecule has 1 rings (SSSR count). The van der Waals surface area contributed by atoms with Crippen LogP contribution in [0.1, 0.15) is 25.5 Å². The van der Waals surface area contributed by atoms with Crippen LogP contribution in [-0.4, -0.2) is 22.6 Å². The highest BCUT2D eigenvalue weighted by Crippen LogP contribution is 2.06. The van der Waals surface area contributed by atoms with Crippen LogP contribution in [-0.2, 0) is 11.2 Å². The summed E-state index contributed by atoms with van der Waals surface area (Å²) in [5.74, 6) is 0.550. The highest BCUT2D eigenvalue weighted by Gasteiger charge is 2.04. The number of nitrogens with one attached hydrogen (secondary N) is 2. The Hall–Kier alpha value is -1.36. The first-order valence-corrected chi connectivity index (χ1v) is 4.80. The molecule has 1 heterocycles. The van der Waals surface area contributed by atoms with Gasteiger partial charge in [0.15, 0.2) is 5.82 Å². The van der Waals surface area contributed by atoms with Gasteiger partial charge in [0.25, 0.3) is 0 Å². The Labute approximate surface area is 83.1 Å². The monoisotopic (exact) mass is 196 g/mol. The van der Waals surface area contributed by atoms with Crippen molar-refractivity contribution >= 4 is 11.7 Å². The lowest BCUT2D eigenvalue weighted by Crippen LogP contribution is -2.13. The van der Waals surface area contributed by atoms with E-state index < -0.39 is 0 Å². The van der Waals surface area contributed by atoms with Crippen LogP contribution in [0.5, 0.6) is 0 Å². The zero-order valence-electron chi connectivity index (χ0n) is 8.34. The number of carbonyl (C=O) groups is 1. The number of aryl methyl sites for hydroxylation is 1. The summed E-state index contributed by atoms with van der Waals surface area (Å²) in [6.07, 6.45) is 2.04. The fraction of sp³-hybridized carbons (Fsp3) is 0.556. The van der Waals surface area contributed by atoms with Gasteiger partial charge in [-0.15, -0.1) is 0 Å². The third-order valence-electron chi connectivity index (χ3n) is 1.89. The maximum atomic E-state index is 11.2. The third kappa shape index (κ3) is 3.18. The van der Waals surface area contributed by atoms with Gasteiger partial charge in [0.1, 0.15) is 0 Å². The molecule has 1 aromatic heterocycles. The van der Waals surface area contributed by atoms with Crippen molar-refractivity contribution in [3.8, 4) is 0 Å². The van der Waals surface area contributed by atoms with Gasteiger partial charge in [-0.3, -0.25) is 9.89 Å². The van der Waals surface area contributed by atoms with Crippen molar-refractivity contribution in [1.82, 2.24) is 10.2 Å². The van der Waals surface area contributed by atoms with Crippen molar-refractivity contribution in [3.05, 3.63) is 11.8 Å². The van der Waals surface area contributed by atoms with Crippen LogP contribution in [0, 0.1) is 0 Å². The molecule has 0 radical (unpaired) electrons. The number of aromatic nitrogens is 2. The summed E-state index contributed by atoms with van der Waals surface area (Å²) in [7, 11) is 0. The van der Waals surface area contributed by atoms with Gasteiger partial charge in [-0.05, 0) is 19.4 Å². The van der Waals surface area contributed by atoms with Gasteiger partial charge in [-0.2, -0.15) is 5.10 Å². The summed E-state index contributed by atoms with van der Waals surface area (Å²) in [6.45, 7) is 2.56. The molecule has 1 aromatic rings. The van der Waals surface area contributed by atoms with Crippen molar-refractivity contribution in [1.29, 1.82) is 0 Å². The van der Waals surface area contributed by atoms with Gasteiger partial charge in [0.2, 0.25) is 5.91 Å². The minimum Gasteiger partial charge on any atom is -0.330 e. The molecule has 0 bridgehead atoms. The fourth-order valence-corrected chi connectivity index (χ4v) is 1.07. The molecule has 0 atom stereocenters. The van der Waals surface area contributed by atoms with E-state index in [1.807, 2.05) is 13.0 Å². The second-order valence-corrected chi connectivity index (χ2v) is 3.07. The van der Waals surface area contributed by atoms with E-state index in [0.29, 0.717) is 25.2 Å². The number of anilines is 1. The molecule has 0 saturated carbocycles. The first-order valence-electron chi connectivity index (χ1n) is 4.80. The molecule has 0 spiro atoms. The Balaban J connectivity index is 2.39. The smallest absolute Gasteiger partial charge is 0.225 e. The van der Waals surface area contributed by atoms with Gasteiger partial charge >= 0.3 is 0 Å². The van der Waals surface area contributed by atoms with Crippen LogP contribution in [0.4, 0.5) is 5.82 Å². The Morgan fingerprint density at radius 1 is 1.71 bits per heavy atom. The van der Waals surface area contributed by atoms with Crippen LogP contribution in [0.2, 0.25) is 0 Å². The summed E-state index contributed by atoms with van der Waals surface area (Å²) >= 11 is 0. The molecule has 4 N–H and O–H groups in total.